The van der Waals surface area contributed by atoms with Gasteiger partial charge in [0.05, 0.1) is 25.0 Å². The molecule has 0 aliphatic heterocycles. The summed E-state index contributed by atoms with van der Waals surface area (Å²) in [4.78, 5) is 13.7. The molecule has 1 amide bonds. The molecule has 0 spiro atoms. The smallest absolute Gasteiger partial charge is 0.220 e. The molecule has 2 aromatic rings. The van der Waals surface area contributed by atoms with E-state index in [4.69, 9.17) is 0 Å². The van der Waals surface area contributed by atoms with E-state index in [9.17, 15) is 4.79 Å². The first-order valence-electron chi connectivity index (χ1n) is 7.82. The van der Waals surface area contributed by atoms with Crippen LogP contribution in [0.15, 0.2) is 42.7 Å². The van der Waals surface area contributed by atoms with Crippen LogP contribution in [0.4, 0.5) is 0 Å². The van der Waals surface area contributed by atoms with Gasteiger partial charge in [-0.25, -0.2) is 0 Å². The molecular formula is C17H24N4O. The molecule has 1 aromatic heterocycles. The summed E-state index contributed by atoms with van der Waals surface area (Å²) in [5, 5.41) is 11.3. The molecule has 0 bridgehead atoms. The first-order valence-corrected chi connectivity index (χ1v) is 7.82. The second-order valence-electron chi connectivity index (χ2n) is 5.84. The third-order valence-corrected chi connectivity index (χ3v) is 3.69. The number of nitrogens with zero attached hydrogens (tertiary/aromatic N) is 3. The zero-order valence-electron chi connectivity index (χ0n) is 13.3. The van der Waals surface area contributed by atoms with Crippen molar-refractivity contribution >= 4 is 5.91 Å². The Morgan fingerprint density at radius 2 is 1.86 bits per heavy atom. The van der Waals surface area contributed by atoms with E-state index in [0.717, 1.165) is 12.8 Å². The summed E-state index contributed by atoms with van der Waals surface area (Å²) in [6, 6.07) is 10.3. The Bertz CT molecular complexity index is 551. The van der Waals surface area contributed by atoms with Crippen molar-refractivity contribution < 1.29 is 4.79 Å². The van der Waals surface area contributed by atoms with Crippen LogP contribution in [-0.2, 0) is 17.8 Å². The summed E-state index contributed by atoms with van der Waals surface area (Å²) in [5.41, 5.74) is 1.27. The molecular weight excluding hydrogens is 276 g/mol. The molecule has 0 aliphatic carbocycles. The summed E-state index contributed by atoms with van der Waals surface area (Å²) in [7, 11) is 0. The van der Waals surface area contributed by atoms with Crippen LogP contribution in [-0.4, -0.2) is 26.9 Å². The molecule has 118 valence electrons. The van der Waals surface area contributed by atoms with E-state index in [2.05, 4.69) is 41.5 Å². The Morgan fingerprint density at radius 3 is 2.50 bits per heavy atom. The quantitative estimate of drug-likeness (QED) is 0.814. The lowest BCUT2D eigenvalue weighted by atomic mass is 10.0. The third-order valence-electron chi connectivity index (χ3n) is 3.69. The predicted molar refractivity (Wildman–Crippen MR) is 86.2 cm³/mol. The van der Waals surface area contributed by atoms with Gasteiger partial charge in [0.25, 0.3) is 0 Å². The van der Waals surface area contributed by atoms with Crippen molar-refractivity contribution in [2.45, 2.75) is 45.7 Å². The zero-order chi connectivity index (χ0) is 15.8. The molecule has 22 heavy (non-hydrogen) atoms. The van der Waals surface area contributed by atoms with E-state index in [1.54, 1.807) is 17.2 Å². The molecule has 1 unspecified atom stereocenters. The maximum Gasteiger partial charge on any atom is 0.220 e. The SMILES string of the molecule is CC(C)C(Cn1nccn1)NC(=O)CCCc1ccccc1. The standard InChI is InChI=1S/C17H24N4O/c1-14(2)16(13-21-18-11-12-19-21)20-17(22)10-6-9-15-7-4-3-5-8-15/h3-5,7-8,11-12,14,16H,6,9-10,13H2,1-2H3,(H,20,22). The van der Waals surface area contributed by atoms with Crippen molar-refractivity contribution in [1.29, 1.82) is 0 Å². The van der Waals surface area contributed by atoms with Gasteiger partial charge in [-0.2, -0.15) is 15.0 Å². The third kappa shape index (κ3) is 5.31. The molecule has 2 rings (SSSR count). The highest BCUT2D eigenvalue weighted by Crippen LogP contribution is 2.07. The minimum atomic E-state index is 0.0524. The monoisotopic (exact) mass is 300 g/mol. The number of hydrogen-bond donors (Lipinski definition) is 1. The predicted octanol–water partition coefficient (Wildman–Crippen LogP) is 2.44. The van der Waals surface area contributed by atoms with Gasteiger partial charge < -0.3 is 5.32 Å². The van der Waals surface area contributed by atoms with Crippen LogP contribution in [0.3, 0.4) is 0 Å². The van der Waals surface area contributed by atoms with Gasteiger partial charge in [0, 0.05) is 6.42 Å². The first-order chi connectivity index (χ1) is 10.6. The molecule has 5 heteroatoms. The minimum Gasteiger partial charge on any atom is -0.351 e. The van der Waals surface area contributed by atoms with E-state index in [-0.39, 0.29) is 11.9 Å². The molecule has 1 N–H and O–H groups in total. The van der Waals surface area contributed by atoms with Crippen molar-refractivity contribution in [2.24, 2.45) is 5.92 Å². The maximum atomic E-state index is 12.1. The van der Waals surface area contributed by atoms with Crippen molar-refractivity contribution in [2.75, 3.05) is 0 Å². The van der Waals surface area contributed by atoms with E-state index < -0.39 is 0 Å². The number of amides is 1. The van der Waals surface area contributed by atoms with Crippen LogP contribution in [0.5, 0.6) is 0 Å². The van der Waals surface area contributed by atoms with Crippen molar-refractivity contribution in [3.05, 3.63) is 48.3 Å². The van der Waals surface area contributed by atoms with Crippen molar-refractivity contribution in [3.8, 4) is 0 Å². The van der Waals surface area contributed by atoms with E-state index >= 15 is 0 Å². The zero-order valence-corrected chi connectivity index (χ0v) is 13.3. The Morgan fingerprint density at radius 1 is 1.18 bits per heavy atom. The van der Waals surface area contributed by atoms with Gasteiger partial charge in [-0.1, -0.05) is 44.2 Å². The molecule has 5 nitrogen and oxygen atoms in total. The molecule has 0 saturated carbocycles. The lowest BCUT2D eigenvalue weighted by molar-refractivity contribution is -0.122. The summed E-state index contributed by atoms with van der Waals surface area (Å²) >= 11 is 0. The number of nitrogens with one attached hydrogen (secondary N) is 1. The second-order valence-corrected chi connectivity index (χ2v) is 5.84. The first kappa shape index (κ1) is 16.2. The highest BCUT2D eigenvalue weighted by molar-refractivity contribution is 5.76. The summed E-state index contributed by atoms with van der Waals surface area (Å²) in [6.07, 6.45) is 5.64. The number of benzene rings is 1. The topological polar surface area (TPSA) is 59.8 Å². The fraction of sp³-hybridized carbons (Fsp3) is 0.471. The number of aryl methyl sites for hydroxylation is 1. The molecule has 0 radical (unpaired) electrons. The lowest BCUT2D eigenvalue weighted by Crippen LogP contribution is -2.41. The lowest BCUT2D eigenvalue weighted by Gasteiger charge is -2.21. The van der Waals surface area contributed by atoms with E-state index in [0.29, 0.717) is 18.9 Å². The van der Waals surface area contributed by atoms with E-state index in [1.807, 2.05) is 18.2 Å². The van der Waals surface area contributed by atoms with Gasteiger partial charge in [0.1, 0.15) is 0 Å². The van der Waals surface area contributed by atoms with Crippen LogP contribution >= 0.6 is 0 Å². The molecule has 1 atom stereocenters. The van der Waals surface area contributed by atoms with E-state index in [1.165, 1.54) is 5.56 Å². The largest absolute Gasteiger partial charge is 0.351 e. The van der Waals surface area contributed by atoms with Gasteiger partial charge in [0.2, 0.25) is 5.91 Å². The summed E-state index contributed by atoms with van der Waals surface area (Å²) < 4.78 is 0. The average Bonchev–Trinajstić information content (AvgIpc) is 3.00. The number of aromatic nitrogens is 3. The van der Waals surface area contributed by atoms with Gasteiger partial charge in [-0.05, 0) is 24.3 Å². The van der Waals surface area contributed by atoms with Crippen LogP contribution < -0.4 is 5.32 Å². The number of rotatable bonds is 8. The normalized spacial score (nSPS) is 12.3. The molecule has 0 fully saturated rings. The van der Waals surface area contributed by atoms with Crippen LogP contribution in [0.2, 0.25) is 0 Å². The molecule has 1 aromatic carbocycles. The Kier molecular flexibility index (Phi) is 6.13. The Balaban J connectivity index is 1.76. The number of carbonyl (C=O) groups excluding carboxylic acids is 1. The Hall–Kier alpha value is -2.17. The minimum absolute atomic E-state index is 0.0524. The number of carbonyl (C=O) groups is 1. The molecule has 1 heterocycles. The fourth-order valence-electron chi connectivity index (χ4n) is 2.31. The average molecular weight is 300 g/mol. The summed E-state index contributed by atoms with van der Waals surface area (Å²) in [5.74, 6) is 0.436. The van der Waals surface area contributed by atoms with Crippen LogP contribution in [0, 0.1) is 5.92 Å². The Labute approximate surface area is 131 Å². The molecule has 0 aliphatic rings. The maximum absolute atomic E-state index is 12.1. The number of hydrogen-bond acceptors (Lipinski definition) is 3. The van der Waals surface area contributed by atoms with Crippen LogP contribution in [0.25, 0.3) is 0 Å². The van der Waals surface area contributed by atoms with Crippen LogP contribution in [0.1, 0.15) is 32.3 Å². The fourth-order valence-corrected chi connectivity index (χ4v) is 2.31. The highest BCUT2D eigenvalue weighted by atomic mass is 16.1. The molecule has 0 saturated heterocycles. The second kappa shape index (κ2) is 8.32. The summed E-state index contributed by atoms with van der Waals surface area (Å²) in [6.45, 7) is 4.80. The van der Waals surface area contributed by atoms with Gasteiger partial charge in [0.15, 0.2) is 0 Å². The van der Waals surface area contributed by atoms with Gasteiger partial charge in [-0.3, -0.25) is 4.79 Å². The van der Waals surface area contributed by atoms with Crippen molar-refractivity contribution in [1.82, 2.24) is 20.3 Å². The van der Waals surface area contributed by atoms with Crippen molar-refractivity contribution in [3.63, 3.8) is 0 Å². The van der Waals surface area contributed by atoms with Gasteiger partial charge >= 0.3 is 0 Å². The van der Waals surface area contributed by atoms with Gasteiger partial charge in [-0.15, -0.1) is 0 Å². The highest BCUT2D eigenvalue weighted by Gasteiger charge is 2.17.